The van der Waals surface area contributed by atoms with Crippen molar-refractivity contribution in [2.75, 3.05) is 0 Å². The van der Waals surface area contributed by atoms with Crippen molar-refractivity contribution in [3.8, 4) is 0 Å². The van der Waals surface area contributed by atoms with Crippen LogP contribution in [-0.2, 0) is 0 Å². The summed E-state index contributed by atoms with van der Waals surface area (Å²) in [5.41, 5.74) is 2.21. The lowest BCUT2D eigenvalue weighted by atomic mass is 10.2. The van der Waals surface area contributed by atoms with E-state index in [1.165, 1.54) is 0 Å². The minimum atomic E-state index is 0.850. The molecule has 1 aromatic heterocycles. The molecule has 0 radical (unpaired) electrons. The summed E-state index contributed by atoms with van der Waals surface area (Å²) in [6.45, 7) is 0. The highest BCUT2D eigenvalue weighted by Crippen LogP contribution is 2.26. The summed E-state index contributed by atoms with van der Waals surface area (Å²) < 4.78 is 1.89. The van der Waals surface area contributed by atoms with E-state index in [0.717, 1.165) is 20.2 Å². The van der Waals surface area contributed by atoms with E-state index in [-0.39, 0.29) is 0 Å². The Labute approximate surface area is 111 Å². The lowest BCUT2D eigenvalue weighted by Crippen LogP contribution is -1.81. The number of rotatable bonds is 2. The monoisotopic (exact) mass is 337 g/mol. The third-order valence-corrected chi connectivity index (χ3v) is 3.47. The van der Waals surface area contributed by atoms with Crippen LogP contribution in [-0.4, -0.2) is 4.98 Å². The van der Waals surface area contributed by atoms with Gasteiger partial charge < -0.3 is 0 Å². The molecule has 0 spiro atoms. The molecule has 3 heteroatoms. The molecule has 0 unspecified atom stereocenters. The van der Waals surface area contributed by atoms with Gasteiger partial charge in [0, 0.05) is 16.2 Å². The lowest BCUT2D eigenvalue weighted by molar-refractivity contribution is 1.26. The first kappa shape index (κ1) is 11.6. The first-order valence-corrected chi connectivity index (χ1v) is 6.39. The summed E-state index contributed by atoms with van der Waals surface area (Å²) in [6.07, 6.45) is 3.81. The van der Waals surface area contributed by atoms with Crippen molar-refractivity contribution in [1.82, 2.24) is 4.98 Å². The average molecular weight is 339 g/mol. The van der Waals surface area contributed by atoms with Crippen LogP contribution in [0.25, 0.3) is 10.6 Å². The Bertz CT molecular complexity index is 506. The summed E-state index contributed by atoms with van der Waals surface area (Å²) in [5, 5.41) is 0. The molecule has 0 aliphatic carbocycles. The highest BCUT2D eigenvalue weighted by Gasteiger charge is 2.00. The molecule has 1 nitrogen and oxygen atoms in total. The fraction of sp³-hybridized carbons (Fsp3) is 0. The Balaban J connectivity index is 2.36. The van der Waals surface area contributed by atoms with Gasteiger partial charge in [-0.05, 0) is 33.6 Å². The summed E-state index contributed by atoms with van der Waals surface area (Å²) in [6, 6.07) is 14.1. The molecule has 1 heterocycles. The molecule has 0 saturated carbocycles. The zero-order valence-corrected chi connectivity index (χ0v) is 11.6. The van der Waals surface area contributed by atoms with Gasteiger partial charge >= 0.3 is 0 Å². The van der Waals surface area contributed by atoms with Gasteiger partial charge in [0.1, 0.15) is 4.60 Å². The number of halogens is 2. The largest absolute Gasteiger partial charge is 0.249 e. The van der Waals surface area contributed by atoms with Crippen molar-refractivity contribution >= 4 is 42.4 Å². The zero-order chi connectivity index (χ0) is 11.4. The molecule has 0 amide bonds. The Morgan fingerprint density at radius 1 is 1.06 bits per heavy atom. The summed E-state index contributed by atoms with van der Waals surface area (Å²) >= 11 is 6.99. The predicted octanol–water partition coefficient (Wildman–Crippen LogP) is 4.74. The minimum Gasteiger partial charge on any atom is -0.249 e. The molecule has 0 bridgehead atoms. The zero-order valence-electron chi connectivity index (χ0n) is 8.40. The summed E-state index contributed by atoms with van der Waals surface area (Å²) in [7, 11) is 0. The first-order valence-electron chi connectivity index (χ1n) is 4.80. The van der Waals surface area contributed by atoms with Gasteiger partial charge in [0.05, 0.1) is 0 Å². The highest BCUT2D eigenvalue weighted by atomic mass is 79.9. The van der Waals surface area contributed by atoms with E-state index in [1.807, 2.05) is 36.4 Å². The fourth-order valence-electron chi connectivity index (χ4n) is 1.32. The van der Waals surface area contributed by atoms with Crippen molar-refractivity contribution in [2.45, 2.75) is 0 Å². The molecule has 2 aromatic rings. The average Bonchev–Trinajstić information content (AvgIpc) is 2.33. The van der Waals surface area contributed by atoms with Gasteiger partial charge in [-0.25, -0.2) is 4.98 Å². The molecule has 0 aliphatic heterocycles. The second kappa shape index (κ2) is 5.41. The quantitative estimate of drug-likeness (QED) is 0.721. The van der Waals surface area contributed by atoms with Crippen molar-refractivity contribution in [2.24, 2.45) is 0 Å². The van der Waals surface area contributed by atoms with E-state index in [9.17, 15) is 0 Å². The van der Waals surface area contributed by atoms with Gasteiger partial charge in [0.2, 0.25) is 0 Å². The maximum absolute atomic E-state index is 4.18. The second-order valence-corrected chi connectivity index (χ2v) is 4.85. The molecule has 0 atom stereocenters. The fourth-order valence-corrected chi connectivity index (χ4v) is 2.20. The molecule has 16 heavy (non-hydrogen) atoms. The first-order chi connectivity index (χ1) is 7.77. The second-order valence-electron chi connectivity index (χ2n) is 3.24. The number of nitrogens with zero attached hydrogens (tertiary/aromatic N) is 1. The van der Waals surface area contributed by atoms with Gasteiger partial charge in [-0.15, -0.1) is 0 Å². The number of aromatic nitrogens is 1. The van der Waals surface area contributed by atoms with Crippen LogP contribution in [0.3, 0.4) is 0 Å². The Kier molecular flexibility index (Phi) is 3.91. The van der Waals surface area contributed by atoms with Gasteiger partial charge in [-0.1, -0.05) is 52.3 Å². The molecule has 0 N–H and O–H groups in total. The van der Waals surface area contributed by atoms with Crippen LogP contribution in [0.15, 0.2) is 53.3 Å². The topological polar surface area (TPSA) is 12.9 Å². The van der Waals surface area contributed by atoms with Gasteiger partial charge in [-0.3, -0.25) is 0 Å². The Morgan fingerprint density at radius 3 is 2.50 bits per heavy atom. The van der Waals surface area contributed by atoms with E-state index in [2.05, 4.69) is 49.0 Å². The van der Waals surface area contributed by atoms with Crippen LogP contribution in [0, 0.1) is 0 Å². The smallest absolute Gasteiger partial charge is 0.113 e. The van der Waals surface area contributed by atoms with Crippen LogP contribution in [0.4, 0.5) is 0 Å². The van der Waals surface area contributed by atoms with E-state index < -0.39 is 0 Å². The van der Waals surface area contributed by atoms with Gasteiger partial charge in [0.25, 0.3) is 0 Å². The maximum atomic E-state index is 4.18. The van der Waals surface area contributed by atoms with E-state index >= 15 is 0 Å². The van der Waals surface area contributed by atoms with Crippen molar-refractivity contribution in [3.05, 3.63) is 64.4 Å². The molecule has 0 aliphatic rings. The molecule has 0 fully saturated rings. The normalized spacial score (nSPS) is 11.5. The van der Waals surface area contributed by atoms with E-state index in [0.29, 0.717) is 0 Å². The van der Waals surface area contributed by atoms with Crippen LogP contribution in [0.2, 0.25) is 0 Å². The molecular weight excluding hydrogens is 330 g/mol. The maximum Gasteiger partial charge on any atom is 0.113 e. The van der Waals surface area contributed by atoms with Crippen molar-refractivity contribution in [3.63, 3.8) is 0 Å². The number of hydrogen-bond donors (Lipinski definition) is 0. The standard InChI is InChI=1S/C13H9Br2N/c14-12(10-5-2-1-3-6-10)9-11-7-4-8-16-13(11)15/h1-9H/b12-9-. The SMILES string of the molecule is Br/C(=C\c1cccnc1Br)c1ccccc1. The number of hydrogen-bond acceptors (Lipinski definition) is 1. The van der Waals surface area contributed by atoms with Crippen LogP contribution < -0.4 is 0 Å². The summed E-state index contributed by atoms with van der Waals surface area (Å²) in [5.74, 6) is 0. The third-order valence-electron chi connectivity index (χ3n) is 2.12. The van der Waals surface area contributed by atoms with Crippen LogP contribution >= 0.6 is 31.9 Å². The lowest BCUT2D eigenvalue weighted by Gasteiger charge is -2.01. The third kappa shape index (κ3) is 2.80. The number of pyridine rings is 1. The molecule has 1 aromatic carbocycles. The highest BCUT2D eigenvalue weighted by molar-refractivity contribution is 9.15. The number of benzene rings is 1. The van der Waals surface area contributed by atoms with E-state index in [1.54, 1.807) is 6.20 Å². The molecule has 80 valence electrons. The van der Waals surface area contributed by atoms with Crippen molar-refractivity contribution in [1.29, 1.82) is 0 Å². The Morgan fingerprint density at radius 2 is 1.81 bits per heavy atom. The molecule has 0 saturated heterocycles. The summed E-state index contributed by atoms with van der Waals surface area (Å²) in [4.78, 5) is 4.18. The van der Waals surface area contributed by atoms with E-state index in [4.69, 9.17) is 0 Å². The van der Waals surface area contributed by atoms with Gasteiger partial charge in [0.15, 0.2) is 0 Å². The Hall–Kier alpha value is -0.930. The van der Waals surface area contributed by atoms with Crippen molar-refractivity contribution < 1.29 is 0 Å². The van der Waals surface area contributed by atoms with Crippen LogP contribution in [0.1, 0.15) is 11.1 Å². The molecule has 2 rings (SSSR count). The van der Waals surface area contributed by atoms with Gasteiger partial charge in [-0.2, -0.15) is 0 Å². The van der Waals surface area contributed by atoms with Crippen LogP contribution in [0.5, 0.6) is 0 Å². The molecular formula is C13H9Br2N. The predicted molar refractivity (Wildman–Crippen MR) is 75.2 cm³/mol. The minimum absolute atomic E-state index is 0.850.